The molecular weight excluding hydrogens is 336 g/mol. The van der Waals surface area contributed by atoms with Crippen molar-refractivity contribution in [3.05, 3.63) is 66.0 Å². The number of aryl methyl sites for hydroxylation is 1. The highest BCUT2D eigenvalue weighted by molar-refractivity contribution is 5.86. The lowest BCUT2D eigenvalue weighted by Crippen LogP contribution is -2.37. The lowest BCUT2D eigenvalue weighted by molar-refractivity contribution is -0.134. The van der Waals surface area contributed by atoms with Crippen LogP contribution in [0.4, 0.5) is 0 Å². The average molecular weight is 362 g/mol. The Morgan fingerprint density at radius 3 is 2.85 bits per heavy atom. The number of likely N-dealkylation sites (N-methyl/N-ethyl adjacent to an activating group) is 1. The molecule has 0 spiro atoms. The highest BCUT2D eigenvalue weighted by Crippen LogP contribution is 2.29. The number of carbonyl (C=O) groups is 1. The molecule has 3 aromatic rings. The van der Waals surface area contributed by atoms with Gasteiger partial charge in [0.2, 0.25) is 5.91 Å². The Morgan fingerprint density at radius 1 is 1.22 bits per heavy atom. The van der Waals surface area contributed by atoms with Gasteiger partial charge in [-0.15, -0.1) is 0 Å². The van der Waals surface area contributed by atoms with E-state index < -0.39 is 0 Å². The third kappa shape index (κ3) is 3.60. The number of fused-ring (bicyclic) bond motifs is 1. The summed E-state index contributed by atoms with van der Waals surface area (Å²) in [7, 11) is 3.84. The van der Waals surface area contributed by atoms with Crippen molar-refractivity contribution < 1.29 is 4.79 Å². The molecule has 0 saturated carbocycles. The summed E-state index contributed by atoms with van der Waals surface area (Å²) >= 11 is 0. The number of benzene rings is 2. The van der Waals surface area contributed by atoms with Crippen LogP contribution in [0.5, 0.6) is 0 Å². The Labute approximate surface area is 160 Å². The number of nitrogens with one attached hydrogen (secondary N) is 1. The Morgan fingerprint density at radius 2 is 2.04 bits per heavy atom. The van der Waals surface area contributed by atoms with Gasteiger partial charge in [0.1, 0.15) is 0 Å². The van der Waals surface area contributed by atoms with Crippen LogP contribution in [0.3, 0.4) is 0 Å². The maximum Gasteiger partial charge on any atom is 0.227 e. The number of amides is 1. The van der Waals surface area contributed by atoms with Crippen LogP contribution in [0.15, 0.2) is 54.9 Å². The molecule has 5 nitrogen and oxygen atoms in total. The van der Waals surface area contributed by atoms with Gasteiger partial charge in [0.15, 0.2) is 0 Å². The van der Waals surface area contributed by atoms with Gasteiger partial charge in [-0.3, -0.25) is 9.48 Å². The first-order valence-electron chi connectivity index (χ1n) is 9.54. The van der Waals surface area contributed by atoms with Crippen LogP contribution in [0.2, 0.25) is 0 Å². The van der Waals surface area contributed by atoms with Crippen LogP contribution in [0.1, 0.15) is 17.0 Å². The number of rotatable bonds is 5. The molecule has 4 rings (SSSR count). The fraction of sp³-hybridized carbons (Fsp3) is 0.364. The van der Waals surface area contributed by atoms with Gasteiger partial charge in [-0.1, -0.05) is 42.5 Å². The Hall–Kier alpha value is -2.66. The number of hydrogen-bond acceptors (Lipinski definition) is 3. The van der Waals surface area contributed by atoms with Gasteiger partial charge in [0.05, 0.1) is 12.1 Å². The first-order chi connectivity index (χ1) is 13.1. The van der Waals surface area contributed by atoms with E-state index in [1.807, 2.05) is 31.4 Å². The van der Waals surface area contributed by atoms with Crippen molar-refractivity contribution in [2.24, 2.45) is 13.0 Å². The van der Waals surface area contributed by atoms with Crippen molar-refractivity contribution in [1.82, 2.24) is 20.0 Å². The molecule has 1 aromatic heterocycles. The van der Waals surface area contributed by atoms with Crippen LogP contribution < -0.4 is 5.32 Å². The number of aromatic nitrogens is 2. The first-order valence-corrected chi connectivity index (χ1v) is 9.54. The average Bonchev–Trinajstić information content (AvgIpc) is 3.34. The summed E-state index contributed by atoms with van der Waals surface area (Å²) < 4.78 is 1.80. The normalized spacial score (nSPS) is 19.5. The maximum atomic E-state index is 13.1. The molecule has 1 aliphatic heterocycles. The van der Waals surface area contributed by atoms with Crippen LogP contribution >= 0.6 is 0 Å². The van der Waals surface area contributed by atoms with E-state index in [2.05, 4.69) is 52.9 Å². The summed E-state index contributed by atoms with van der Waals surface area (Å²) in [5.41, 5.74) is 2.43. The molecule has 2 aromatic carbocycles. The third-order valence-corrected chi connectivity index (χ3v) is 5.66. The lowest BCUT2D eigenvalue weighted by atomic mass is 9.90. The third-order valence-electron chi connectivity index (χ3n) is 5.66. The molecule has 5 heteroatoms. The predicted molar refractivity (Wildman–Crippen MR) is 108 cm³/mol. The van der Waals surface area contributed by atoms with E-state index in [0.29, 0.717) is 0 Å². The van der Waals surface area contributed by atoms with Crippen molar-refractivity contribution in [3.63, 3.8) is 0 Å². The second-order valence-corrected chi connectivity index (χ2v) is 7.47. The van der Waals surface area contributed by atoms with Gasteiger partial charge >= 0.3 is 0 Å². The first kappa shape index (κ1) is 17.7. The molecule has 0 unspecified atom stereocenters. The van der Waals surface area contributed by atoms with Crippen LogP contribution in [-0.4, -0.2) is 47.3 Å². The van der Waals surface area contributed by atoms with Crippen molar-refractivity contribution >= 4 is 16.7 Å². The molecular formula is C22H26N4O. The Bertz CT molecular complexity index is 943. The standard InChI is InChI=1S/C22H26N4O/c1-25(11-10-17-8-5-7-16-6-3-4-9-19(16)17)22(27)21-14-23-13-20(21)18-12-24-26(2)15-18/h3-9,12,15,20-21,23H,10-11,13-14H2,1-2H3/t20-,21+/m1/s1. The topological polar surface area (TPSA) is 50.2 Å². The zero-order valence-corrected chi connectivity index (χ0v) is 15.9. The molecule has 27 heavy (non-hydrogen) atoms. The van der Waals surface area contributed by atoms with E-state index in [4.69, 9.17) is 0 Å². The summed E-state index contributed by atoms with van der Waals surface area (Å²) in [6.45, 7) is 2.29. The van der Waals surface area contributed by atoms with Crippen molar-refractivity contribution in [2.45, 2.75) is 12.3 Å². The fourth-order valence-corrected chi connectivity index (χ4v) is 4.11. The minimum Gasteiger partial charge on any atom is -0.345 e. The predicted octanol–water partition coefficient (Wildman–Crippen LogP) is 2.58. The van der Waals surface area contributed by atoms with E-state index in [1.54, 1.807) is 4.68 Å². The van der Waals surface area contributed by atoms with Crippen molar-refractivity contribution in [1.29, 1.82) is 0 Å². The van der Waals surface area contributed by atoms with E-state index in [9.17, 15) is 4.79 Å². The largest absolute Gasteiger partial charge is 0.345 e. The van der Waals surface area contributed by atoms with Crippen molar-refractivity contribution in [3.8, 4) is 0 Å². The molecule has 140 valence electrons. The summed E-state index contributed by atoms with van der Waals surface area (Å²) in [6.07, 6.45) is 4.77. The molecule has 0 bridgehead atoms. The van der Waals surface area contributed by atoms with E-state index in [1.165, 1.54) is 16.3 Å². The second kappa shape index (κ2) is 7.53. The zero-order valence-electron chi connectivity index (χ0n) is 15.9. The smallest absolute Gasteiger partial charge is 0.227 e. The molecule has 1 fully saturated rings. The Balaban J connectivity index is 1.44. The molecule has 1 saturated heterocycles. The Kier molecular flexibility index (Phi) is 4.94. The molecule has 1 N–H and O–H groups in total. The van der Waals surface area contributed by atoms with E-state index >= 15 is 0 Å². The molecule has 2 atom stereocenters. The highest BCUT2D eigenvalue weighted by Gasteiger charge is 2.36. The quantitative estimate of drug-likeness (QED) is 0.759. The SMILES string of the molecule is CN(CCc1cccc2ccccc12)C(=O)[C@H]1CNC[C@@H]1c1cnn(C)c1. The van der Waals surface area contributed by atoms with Crippen molar-refractivity contribution in [2.75, 3.05) is 26.7 Å². The molecule has 0 aliphatic carbocycles. The number of hydrogen-bond donors (Lipinski definition) is 1. The van der Waals surface area contributed by atoms with E-state index in [-0.39, 0.29) is 17.7 Å². The van der Waals surface area contributed by atoms with Gasteiger partial charge in [-0.25, -0.2) is 0 Å². The van der Waals surface area contributed by atoms with Gasteiger partial charge < -0.3 is 10.2 Å². The summed E-state index contributed by atoms with van der Waals surface area (Å²) in [4.78, 5) is 15.0. The summed E-state index contributed by atoms with van der Waals surface area (Å²) in [5.74, 6) is 0.395. The highest BCUT2D eigenvalue weighted by atomic mass is 16.2. The van der Waals surface area contributed by atoms with Gasteiger partial charge in [-0.05, 0) is 28.3 Å². The minimum atomic E-state index is -0.0216. The molecule has 2 heterocycles. The summed E-state index contributed by atoms with van der Waals surface area (Å²) in [6, 6.07) is 14.8. The van der Waals surface area contributed by atoms with Gasteiger partial charge in [-0.2, -0.15) is 5.10 Å². The van der Waals surface area contributed by atoms with Gasteiger partial charge in [0.25, 0.3) is 0 Å². The minimum absolute atomic E-state index is 0.0216. The van der Waals surface area contributed by atoms with Crippen LogP contribution in [0.25, 0.3) is 10.8 Å². The van der Waals surface area contributed by atoms with Crippen LogP contribution in [0, 0.1) is 5.92 Å². The summed E-state index contributed by atoms with van der Waals surface area (Å²) in [5, 5.41) is 10.2. The maximum absolute atomic E-state index is 13.1. The van der Waals surface area contributed by atoms with E-state index in [0.717, 1.165) is 31.6 Å². The lowest BCUT2D eigenvalue weighted by Gasteiger charge is -2.24. The number of nitrogens with zero attached hydrogens (tertiary/aromatic N) is 3. The molecule has 1 amide bonds. The van der Waals surface area contributed by atoms with Crippen LogP contribution in [-0.2, 0) is 18.3 Å². The second-order valence-electron chi connectivity index (χ2n) is 7.47. The van der Waals surface area contributed by atoms with Gasteiger partial charge in [0, 0.05) is 45.8 Å². The zero-order chi connectivity index (χ0) is 18.8. The number of carbonyl (C=O) groups excluding carboxylic acids is 1. The molecule has 1 aliphatic rings. The monoisotopic (exact) mass is 362 g/mol. The molecule has 0 radical (unpaired) electrons. The fourth-order valence-electron chi connectivity index (χ4n) is 4.11.